The second-order valence-electron chi connectivity index (χ2n) is 6.30. The topological polar surface area (TPSA) is 29.1 Å². The molecule has 3 rings (SSSR count). The summed E-state index contributed by atoms with van der Waals surface area (Å²) in [4.78, 5) is 12.1. The Labute approximate surface area is 138 Å². The van der Waals surface area contributed by atoms with E-state index >= 15 is 0 Å². The molecule has 0 aliphatic heterocycles. The summed E-state index contributed by atoms with van der Waals surface area (Å²) in [5, 5.41) is 2.87. The Morgan fingerprint density at radius 3 is 2.38 bits per heavy atom. The van der Waals surface area contributed by atoms with E-state index in [2.05, 4.69) is 5.32 Å². The molecule has 0 saturated heterocycles. The molecule has 1 N–H and O–H groups in total. The normalized spacial score (nSPS) is 15.8. The van der Waals surface area contributed by atoms with E-state index in [-0.39, 0.29) is 17.7 Å². The Morgan fingerprint density at radius 2 is 1.75 bits per heavy atom. The molecular formula is C19H18F3NO. The number of halogens is 3. The predicted octanol–water partition coefficient (Wildman–Crippen LogP) is 4.10. The monoisotopic (exact) mass is 333 g/mol. The minimum atomic E-state index is -4.39. The molecule has 0 radical (unpaired) electrons. The van der Waals surface area contributed by atoms with Crippen LogP contribution in [0.25, 0.3) is 0 Å². The molecule has 2 aromatic carbocycles. The average Bonchev–Trinajstić information content (AvgIpc) is 3.35. The number of carbonyl (C=O) groups excluding carboxylic acids is 1. The Bertz CT molecular complexity index is 721. The van der Waals surface area contributed by atoms with Crippen molar-refractivity contribution in [2.45, 2.75) is 30.9 Å². The number of carbonyl (C=O) groups is 1. The van der Waals surface area contributed by atoms with Gasteiger partial charge in [-0.25, -0.2) is 0 Å². The van der Waals surface area contributed by atoms with Crippen LogP contribution in [0.2, 0.25) is 0 Å². The molecule has 0 bridgehead atoms. The third-order valence-corrected chi connectivity index (χ3v) is 4.48. The van der Waals surface area contributed by atoms with Crippen LogP contribution in [0.15, 0.2) is 54.6 Å². The highest BCUT2D eigenvalue weighted by atomic mass is 19.4. The molecule has 24 heavy (non-hydrogen) atoms. The number of alkyl halides is 3. The lowest BCUT2D eigenvalue weighted by Crippen LogP contribution is -2.33. The van der Waals surface area contributed by atoms with Crippen molar-refractivity contribution >= 4 is 5.91 Å². The minimum absolute atomic E-state index is 0.00919. The molecule has 2 aromatic rings. The van der Waals surface area contributed by atoms with Gasteiger partial charge in [-0.1, -0.05) is 48.5 Å². The first-order valence-corrected chi connectivity index (χ1v) is 7.87. The van der Waals surface area contributed by atoms with Gasteiger partial charge in [-0.05, 0) is 30.0 Å². The van der Waals surface area contributed by atoms with Gasteiger partial charge in [0.1, 0.15) is 0 Å². The van der Waals surface area contributed by atoms with Gasteiger partial charge in [0.2, 0.25) is 5.91 Å². The van der Waals surface area contributed by atoms with Crippen LogP contribution >= 0.6 is 0 Å². The summed E-state index contributed by atoms with van der Waals surface area (Å²) < 4.78 is 38.1. The SMILES string of the molecule is O=C(Cc1cccc(C(F)(F)F)c1)NCC1(c2ccccc2)CC1. The van der Waals surface area contributed by atoms with Gasteiger partial charge in [-0.15, -0.1) is 0 Å². The minimum Gasteiger partial charge on any atom is -0.355 e. The molecule has 1 aliphatic carbocycles. The summed E-state index contributed by atoms with van der Waals surface area (Å²) in [6.45, 7) is 0.523. The maximum Gasteiger partial charge on any atom is 0.416 e. The first kappa shape index (κ1) is 16.6. The number of rotatable bonds is 5. The summed E-state index contributed by atoms with van der Waals surface area (Å²) >= 11 is 0. The number of hydrogen-bond acceptors (Lipinski definition) is 1. The quantitative estimate of drug-likeness (QED) is 0.877. The third kappa shape index (κ3) is 3.78. The Kier molecular flexibility index (Phi) is 4.35. The largest absolute Gasteiger partial charge is 0.416 e. The standard InChI is InChI=1S/C19H18F3NO/c20-19(21,22)16-8-4-5-14(11-16)12-17(24)23-13-18(9-10-18)15-6-2-1-3-7-15/h1-8,11H,9-10,12-13H2,(H,23,24). The van der Waals surface area contributed by atoms with Gasteiger partial charge in [-0.3, -0.25) is 4.79 Å². The molecule has 0 aromatic heterocycles. The fourth-order valence-corrected chi connectivity index (χ4v) is 2.88. The summed E-state index contributed by atoms with van der Waals surface area (Å²) in [6.07, 6.45) is -2.41. The Hall–Kier alpha value is -2.30. The van der Waals surface area contributed by atoms with Crippen LogP contribution < -0.4 is 5.32 Å². The van der Waals surface area contributed by atoms with Gasteiger partial charge >= 0.3 is 6.18 Å². The van der Waals surface area contributed by atoms with Crippen molar-refractivity contribution in [2.75, 3.05) is 6.54 Å². The zero-order valence-corrected chi connectivity index (χ0v) is 13.1. The zero-order chi connectivity index (χ0) is 17.2. The van der Waals surface area contributed by atoms with Crippen LogP contribution in [-0.4, -0.2) is 12.5 Å². The maximum absolute atomic E-state index is 12.7. The van der Waals surface area contributed by atoms with E-state index in [1.165, 1.54) is 11.6 Å². The molecule has 0 unspecified atom stereocenters. The summed E-state index contributed by atoms with van der Waals surface area (Å²) in [6, 6.07) is 14.9. The molecule has 1 fully saturated rings. The predicted molar refractivity (Wildman–Crippen MR) is 85.5 cm³/mol. The highest BCUT2D eigenvalue weighted by Crippen LogP contribution is 2.47. The molecular weight excluding hydrogens is 315 g/mol. The van der Waals surface area contributed by atoms with Crippen molar-refractivity contribution in [3.8, 4) is 0 Å². The lowest BCUT2D eigenvalue weighted by Gasteiger charge is -2.16. The van der Waals surface area contributed by atoms with Crippen LogP contribution in [0.1, 0.15) is 29.5 Å². The van der Waals surface area contributed by atoms with Crippen molar-refractivity contribution in [3.05, 3.63) is 71.3 Å². The summed E-state index contributed by atoms with van der Waals surface area (Å²) in [7, 11) is 0. The van der Waals surface area contributed by atoms with Crippen LogP contribution in [0, 0.1) is 0 Å². The fourth-order valence-electron chi connectivity index (χ4n) is 2.88. The average molecular weight is 333 g/mol. The van der Waals surface area contributed by atoms with Crippen LogP contribution in [0.5, 0.6) is 0 Å². The molecule has 1 aliphatic rings. The highest BCUT2D eigenvalue weighted by molar-refractivity contribution is 5.78. The molecule has 0 heterocycles. The molecule has 1 saturated carbocycles. The van der Waals surface area contributed by atoms with E-state index < -0.39 is 11.7 Å². The summed E-state index contributed by atoms with van der Waals surface area (Å²) in [5.74, 6) is -0.253. The van der Waals surface area contributed by atoms with Gasteiger partial charge in [-0.2, -0.15) is 13.2 Å². The zero-order valence-electron chi connectivity index (χ0n) is 13.1. The second-order valence-corrected chi connectivity index (χ2v) is 6.30. The molecule has 0 atom stereocenters. The highest BCUT2D eigenvalue weighted by Gasteiger charge is 2.44. The van der Waals surface area contributed by atoms with Crippen LogP contribution in [-0.2, 0) is 22.8 Å². The lowest BCUT2D eigenvalue weighted by molar-refractivity contribution is -0.137. The summed E-state index contributed by atoms with van der Waals surface area (Å²) in [5.41, 5.74) is 0.831. The number of nitrogens with one attached hydrogen (secondary N) is 1. The van der Waals surface area contributed by atoms with Gasteiger partial charge in [0.05, 0.1) is 12.0 Å². The fraction of sp³-hybridized carbons (Fsp3) is 0.316. The lowest BCUT2D eigenvalue weighted by atomic mass is 9.96. The van der Waals surface area contributed by atoms with E-state index in [0.29, 0.717) is 12.1 Å². The molecule has 126 valence electrons. The van der Waals surface area contributed by atoms with Crippen LogP contribution in [0.4, 0.5) is 13.2 Å². The molecule has 5 heteroatoms. The molecule has 0 spiro atoms. The molecule has 2 nitrogen and oxygen atoms in total. The van der Waals surface area contributed by atoms with Crippen molar-refractivity contribution in [2.24, 2.45) is 0 Å². The van der Waals surface area contributed by atoms with Crippen molar-refractivity contribution in [1.82, 2.24) is 5.32 Å². The van der Waals surface area contributed by atoms with E-state index in [9.17, 15) is 18.0 Å². The van der Waals surface area contributed by atoms with E-state index in [0.717, 1.165) is 25.0 Å². The van der Waals surface area contributed by atoms with Gasteiger partial charge in [0.25, 0.3) is 0 Å². The first-order valence-electron chi connectivity index (χ1n) is 7.87. The van der Waals surface area contributed by atoms with Gasteiger partial charge in [0, 0.05) is 12.0 Å². The van der Waals surface area contributed by atoms with Crippen molar-refractivity contribution in [1.29, 1.82) is 0 Å². The van der Waals surface area contributed by atoms with E-state index in [1.54, 1.807) is 6.07 Å². The molecule has 1 amide bonds. The van der Waals surface area contributed by atoms with E-state index in [1.807, 2.05) is 30.3 Å². The Balaban J connectivity index is 1.59. The van der Waals surface area contributed by atoms with Crippen LogP contribution in [0.3, 0.4) is 0 Å². The number of hydrogen-bond donors (Lipinski definition) is 1. The van der Waals surface area contributed by atoms with Gasteiger partial charge < -0.3 is 5.32 Å². The smallest absolute Gasteiger partial charge is 0.355 e. The number of amides is 1. The van der Waals surface area contributed by atoms with Crippen molar-refractivity contribution in [3.63, 3.8) is 0 Å². The third-order valence-electron chi connectivity index (χ3n) is 4.48. The maximum atomic E-state index is 12.7. The second kappa shape index (κ2) is 6.30. The van der Waals surface area contributed by atoms with E-state index in [4.69, 9.17) is 0 Å². The van der Waals surface area contributed by atoms with Crippen molar-refractivity contribution < 1.29 is 18.0 Å². The van der Waals surface area contributed by atoms with Gasteiger partial charge in [0.15, 0.2) is 0 Å². The number of benzene rings is 2. The first-order chi connectivity index (χ1) is 11.4. The Morgan fingerprint density at radius 1 is 1.04 bits per heavy atom.